The van der Waals surface area contributed by atoms with Gasteiger partial charge in [-0.25, -0.2) is 0 Å². The molecule has 12 heteroatoms. The number of benzene rings is 4. The number of aliphatic hydroxyl groups is 1. The van der Waals surface area contributed by atoms with Crippen molar-refractivity contribution in [2.45, 2.75) is 75.3 Å². The molecule has 1 aliphatic rings. The first kappa shape index (κ1) is 37.7. The highest BCUT2D eigenvalue weighted by Gasteiger charge is 2.32. The minimum atomic E-state index is -0.558. The van der Waals surface area contributed by atoms with Crippen LogP contribution in [0, 0.1) is 0 Å². The van der Waals surface area contributed by atoms with Gasteiger partial charge in [0.25, 0.3) is 0 Å². The van der Waals surface area contributed by atoms with Crippen LogP contribution in [-0.2, 0) is 39.3 Å². The van der Waals surface area contributed by atoms with E-state index in [0.29, 0.717) is 55.8 Å². The number of unbranched alkanes of at least 4 members (excludes halogenated alkanes) is 2. The minimum absolute atomic E-state index is 0.00461. The zero-order valence-corrected chi connectivity index (χ0v) is 30.6. The van der Waals surface area contributed by atoms with Crippen molar-refractivity contribution in [1.82, 2.24) is 20.1 Å². The predicted octanol–water partition coefficient (Wildman–Crippen LogP) is 7.10. The second-order valence-corrected chi connectivity index (χ2v) is 14.2. The highest BCUT2D eigenvalue weighted by molar-refractivity contribution is 7.99. The maximum atomic E-state index is 12.6. The molecule has 0 bridgehead atoms. The molecule has 53 heavy (non-hydrogen) atoms. The standard InChI is InChI=1S/C41H46N6O5S/c1-47-27-44-46-41(47)53-26-34-23-37(31-16-14-28(25-48)15-17-31)52-40(51-34)32-20-18-30(19-21-32)33-9-7-8-29(22-33)24-43-38(49)12-3-2-4-13-39(50)45-36-11-6-5-10-35(36)42/h5-11,14-22,27,34,37,40,48H,2-4,12-13,23-26,42H2,1H3,(H,43,49)(H,45,50). The van der Waals surface area contributed by atoms with Crippen LogP contribution in [-0.4, -0.2) is 43.5 Å². The van der Waals surface area contributed by atoms with Gasteiger partial charge in [-0.05, 0) is 58.9 Å². The van der Waals surface area contributed by atoms with Crippen LogP contribution in [0.15, 0.2) is 109 Å². The molecule has 276 valence electrons. The molecule has 6 rings (SSSR count). The number of carbonyl (C=O) groups is 2. The van der Waals surface area contributed by atoms with Crippen LogP contribution in [0.4, 0.5) is 11.4 Å². The average Bonchev–Trinajstić information content (AvgIpc) is 3.61. The lowest BCUT2D eigenvalue weighted by atomic mass is 9.99. The number of aromatic nitrogens is 3. The predicted molar refractivity (Wildman–Crippen MR) is 206 cm³/mol. The Morgan fingerprint density at radius 2 is 1.62 bits per heavy atom. The van der Waals surface area contributed by atoms with Gasteiger partial charge >= 0.3 is 0 Å². The highest BCUT2D eigenvalue weighted by atomic mass is 32.2. The van der Waals surface area contributed by atoms with Crippen molar-refractivity contribution in [2.24, 2.45) is 7.05 Å². The van der Waals surface area contributed by atoms with Crippen molar-refractivity contribution in [3.63, 3.8) is 0 Å². The summed E-state index contributed by atoms with van der Waals surface area (Å²) in [4.78, 5) is 24.8. The van der Waals surface area contributed by atoms with Crippen molar-refractivity contribution in [3.8, 4) is 11.1 Å². The van der Waals surface area contributed by atoms with Crippen molar-refractivity contribution in [3.05, 3.63) is 126 Å². The van der Waals surface area contributed by atoms with Crippen LogP contribution in [0.1, 0.15) is 73.2 Å². The molecule has 3 unspecified atom stereocenters. The lowest BCUT2D eigenvalue weighted by Gasteiger charge is -2.36. The number of thioether (sulfide) groups is 1. The number of nitrogens with two attached hydrogens (primary N) is 1. The molecule has 1 aliphatic heterocycles. The number of anilines is 2. The molecule has 0 saturated carbocycles. The first-order chi connectivity index (χ1) is 25.8. The molecule has 2 heterocycles. The van der Waals surface area contributed by atoms with Crippen LogP contribution < -0.4 is 16.4 Å². The third-order valence-electron chi connectivity index (χ3n) is 9.16. The van der Waals surface area contributed by atoms with Gasteiger partial charge in [0.2, 0.25) is 11.8 Å². The maximum absolute atomic E-state index is 12.6. The Bertz CT molecular complexity index is 1950. The summed E-state index contributed by atoms with van der Waals surface area (Å²) in [6.45, 7) is 0.430. The average molecular weight is 735 g/mol. The van der Waals surface area contributed by atoms with Crippen LogP contribution >= 0.6 is 11.8 Å². The summed E-state index contributed by atoms with van der Waals surface area (Å²) in [6, 6.07) is 31.4. The molecule has 4 aromatic carbocycles. The summed E-state index contributed by atoms with van der Waals surface area (Å²) < 4.78 is 14.9. The number of hydrogen-bond donors (Lipinski definition) is 4. The lowest BCUT2D eigenvalue weighted by molar-refractivity contribution is -0.245. The molecule has 5 aromatic rings. The van der Waals surface area contributed by atoms with E-state index in [0.717, 1.165) is 45.0 Å². The largest absolute Gasteiger partial charge is 0.397 e. The Kier molecular flexibility index (Phi) is 13.3. The van der Waals surface area contributed by atoms with E-state index in [2.05, 4.69) is 45.1 Å². The van der Waals surface area contributed by atoms with Gasteiger partial charge < -0.3 is 35.5 Å². The summed E-state index contributed by atoms with van der Waals surface area (Å²) >= 11 is 1.61. The molecule has 1 aromatic heterocycles. The van der Waals surface area contributed by atoms with Gasteiger partial charge in [0.15, 0.2) is 11.4 Å². The van der Waals surface area contributed by atoms with E-state index in [4.69, 9.17) is 15.2 Å². The van der Waals surface area contributed by atoms with Gasteiger partial charge in [-0.1, -0.05) is 97.0 Å². The maximum Gasteiger partial charge on any atom is 0.224 e. The van der Waals surface area contributed by atoms with E-state index in [9.17, 15) is 14.7 Å². The molecule has 1 fully saturated rings. The molecule has 11 nitrogen and oxygen atoms in total. The number of amides is 2. The van der Waals surface area contributed by atoms with Gasteiger partial charge in [0.1, 0.15) is 6.33 Å². The van der Waals surface area contributed by atoms with E-state index in [-0.39, 0.29) is 30.6 Å². The first-order valence-electron chi connectivity index (χ1n) is 17.9. The van der Waals surface area contributed by atoms with E-state index >= 15 is 0 Å². The van der Waals surface area contributed by atoms with E-state index in [1.165, 1.54) is 0 Å². The Morgan fingerprint density at radius 3 is 2.36 bits per heavy atom. The van der Waals surface area contributed by atoms with Crippen molar-refractivity contribution in [1.29, 1.82) is 0 Å². The van der Waals surface area contributed by atoms with Gasteiger partial charge in [-0.3, -0.25) is 9.59 Å². The fourth-order valence-corrected chi connectivity index (χ4v) is 7.05. The number of aryl methyl sites for hydroxylation is 1. The summed E-state index contributed by atoms with van der Waals surface area (Å²) in [5.74, 6) is 0.610. The topological polar surface area (TPSA) is 154 Å². The van der Waals surface area contributed by atoms with Gasteiger partial charge in [0.05, 0.1) is 30.2 Å². The van der Waals surface area contributed by atoms with E-state index < -0.39 is 6.29 Å². The fraction of sp³-hybridized carbons (Fsp3) is 0.317. The van der Waals surface area contributed by atoms with E-state index in [1.54, 1.807) is 30.2 Å². The van der Waals surface area contributed by atoms with Crippen LogP contribution in [0.5, 0.6) is 0 Å². The summed E-state index contributed by atoms with van der Waals surface area (Å²) in [7, 11) is 1.93. The third kappa shape index (κ3) is 10.8. The quantitative estimate of drug-likeness (QED) is 0.0472. The number of rotatable bonds is 16. The summed E-state index contributed by atoms with van der Waals surface area (Å²) in [5, 5.41) is 24.4. The monoisotopic (exact) mass is 734 g/mol. The highest BCUT2D eigenvalue weighted by Crippen LogP contribution is 2.39. The molecule has 0 aliphatic carbocycles. The molecule has 3 atom stereocenters. The summed E-state index contributed by atoms with van der Waals surface area (Å²) in [5.41, 5.74) is 13.0. The Labute approximate surface area is 314 Å². The minimum Gasteiger partial charge on any atom is -0.397 e. The number of nitrogens with zero attached hydrogens (tertiary/aromatic N) is 3. The molecule has 0 spiro atoms. The fourth-order valence-electron chi connectivity index (χ4n) is 6.15. The number of carbonyl (C=O) groups excluding carboxylic acids is 2. The summed E-state index contributed by atoms with van der Waals surface area (Å²) in [6.07, 6.45) is 4.55. The molecule has 5 N–H and O–H groups in total. The van der Waals surface area contributed by atoms with E-state index in [1.807, 2.05) is 72.3 Å². The number of hydrogen-bond acceptors (Lipinski definition) is 9. The van der Waals surface area contributed by atoms with Crippen LogP contribution in [0.25, 0.3) is 11.1 Å². The third-order valence-corrected chi connectivity index (χ3v) is 10.3. The molecular weight excluding hydrogens is 689 g/mol. The second-order valence-electron chi connectivity index (χ2n) is 13.2. The smallest absolute Gasteiger partial charge is 0.224 e. The van der Waals surface area contributed by atoms with Crippen molar-refractivity contribution < 1.29 is 24.2 Å². The lowest BCUT2D eigenvalue weighted by Crippen LogP contribution is -2.31. The molecule has 1 saturated heterocycles. The number of nitrogen functional groups attached to an aromatic ring is 1. The number of aliphatic hydroxyl groups excluding tert-OH is 1. The van der Waals surface area contributed by atoms with Crippen LogP contribution in [0.2, 0.25) is 0 Å². The molecular formula is C41H46N6O5S. The van der Waals surface area contributed by atoms with Gasteiger partial charge in [-0.2, -0.15) is 0 Å². The van der Waals surface area contributed by atoms with Crippen molar-refractivity contribution in [2.75, 3.05) is 16.8 Å². The zero-order chi connectivity index (χ0) is 37.0. The van der Waals surface area contributed by atoms with Crippen molar-refractivity contribution >= 4 is 35.0 Å². The second kappa shape index (κ2) is 18.7. The number of ether oxygens (including phenoxy) is 2. The number of para-hydroxylation sites is 2. The molecule has 0 radical (unpaired) electrons. The van der Waals surface area contributed by atoms with Crippen LogP contribution in [0.3, 0.4) is 0 Å². The SMILES string of the molecule is Cn1cnnc1SCC1CC(c2ccc(CO)cc2)OC(c2ccc(-c3cccc(CNC(=O)CCCCCC(=O)Nc4ccccc4N)c3)cc2)O1. The number of nitrogens with one attached hydrogen (secondary N) is 2. The van der Waals surface area contributed by atoms with Gasteiger partial charge in [0, 0.05) is 44.2 Å². The van der Waals surface area contributed by atoms with Gasteiger partial charge in [-0.15, -0.1) is 10.2 Å². The normalized spacial score (nSPS) is 17.0. The first-order valence-corrected chi connectivity index (χ1v) is 18.9. The Hall–Kier alpha value is -5.01. The Morgan fingerprint density at radius 1 is 0.868 bits per heavy atom. The Balaban J connectivity index is 0.997. The molecule has 2 amide bonds. The zero-order valence-electron chi connectivity index (χ0n) is 29.8.